The number of nitrogens with zero attached hydrogens (tertiary/aromatic N) is 1. The van der Waals surface area contributed by atoms with E-state index < -0.39 is 0 Å². The minimum atomic E-state index is 0.424. The normalized spacial score (nSPS) is 18.5. The molecule has 1 saturated heterocycles. The van der Waals surface area contributed by atoms with Crippen molar-refractivity contribution in [3.63, 3.8) is 0 Å². The largest absolute Gasteiger partial charge is 0.307 e. The van der Waals surface area contributed by atoms with Crippen molar-refractivity contribution in [3.8, 4) is 0 Å². The van der Waals surface area contributed by atoms with Gasteiger partial charge in [-0.2, -0.15) is 0 Å². The number of piperidine rings is 1. The third-order valence-corrected chi connectivity index (χ3v) is 4.73. The molecule has 0 unspecified atom stereocenters. The summed E-state index contributed by atoms with van der Waals surface area (Å²) >= 11 is 3.49. The van der Waals surface area contributed by atoms with Crippen molar-refractivity contribution < 1.29 is 0 Å². The van der Waals surface area contributed by atoms with Gasteiger partial charge in [0, 0.05) is 23.1 Å². The molecule has 1 N–H and O–H groups in total. The van der Waals surface area contributed by atoms with Crippen LogP contribution in [0.2, 0.25) is 0 Å². The molecule has 1 atom stereocenters. The van der Waals surface area contributed by atoms with Gasteiger partial charge in [0.25, 0.3) is 0 Å². The molecule has 21 heavy (non-hydrogen) atoms. The fourth-order valence-electron chi connectivity index (χ4n) is 2.80. The average molecular weight is 351 g/mol. The van der Waals surface area contributed by atoms with E-state index in [9.17, 15) is 0 Å². The van der Waals surface area contributed by atoms with E-state index in [-0.39, 0.29) is 0 Å². The zero-order valence-corrected chi connectivity index (χ0v) is 15.0. The van der Waals surface area contributed by atoms with E-state index in [1.807, 2.05) is 0 Å². The van der Waals surface area contributed by atoms with Gasteiger partial charge in [-0.25, -0.2) is 0 Å². The summed E-state index contributed by atoms with van der Waals surface area (Å²) in [4.78, 5) is 2.55. The Labute approximate surface area is 137 Å². The van der Waals surface area contributed by atoms with Gasteiger partial charge in [0.1, 0.15) is 0 Å². The van der Waals surface area contributed by atoms with Crippen molar-refractivity contribution in [1.29, 1.82) is 0 Å². The maximum atomic E-state index is 3.78. The summed E-state index contributed by atoms with van der Waals surface area (Å²) in [5.74, 6) is 0. The van der Waals surface area contributed by atoms with Crippen molar-refractivity contribution in [3.05, 3.63) is 46.0 Å². The number of halogens is 1. The summed E-state index contributed by atoms with van der Waals surface area (Å²) in [7, 11) is 0. The van der Waals surface area contributed by atoms with Crippen LogP contribution in [0.3, 0.4) is 0 Å². The summed E-state index contributed by atoms with van der Waals surface area (Å²) in [6.45, 7) is 10.1. The van der Waals surface area contributed by atoms with Crippen molar-refractivity contribution in [1.82, 2.24) is 10.2 Å². The molecule has 1 heterocycles. The Bertz CT molecular complexity index is 455. The van der Waals surface area contributed by atoms with E-state index in [0.717, 1.165) is 11.0 Å². The van der Waals surface area contributed by atoms with E-state index >= 15 is 0 Å². The summed E-state index contributed by atoms with van der Waals surface area (Å²) in [5.41, 5.74) is 2.78. The van der Waals surface area contributed by atoms with Crippen LogP contribution in [0.5, 0.6) is 0 Å². The fourth-order valence-corrected chi connectivity index (χ4v) is 3.06. The standard InChI is InChI=1S/C18H27BrN2/c1-14(2)8-11-21-12-9-18(10-13-21)20-15(3)16-4-6-17(19)7-5-16/h4-8,15,18,20H,9-13H2,1-3H3/t15-/m0/s1. The van der Waals surface area contributed by atoms with E-state index in [1.54, 1.807) is 0 Å². The van der Waals surface area contributed by atoms with Crippen molar-refractivity contribution in [2.45, 2.75) is 45.7 Å². The number of likely N-dealkylation sites (tertiary alicyclic amines) is 1. The second kappa shape index (κ2) is 8.11. The Balaban J connectivity index is 1.78. The number of hydrogen-bond acceptors (Lipinski definition) is 2. The van der Waals surface area contributed by atoms with E-state index in [4.69, 9.17) is 0 Å². The predicted molar refractivity (Wildman–Crippen MR) is 94.6 cm³/mol. The molecule has 116 valence electrons. The molecule has 0 aromatic heterocycles. The lowest BCUT2D eigenvalue weighted by molar-refractivity contribution is 0.208. The summed E-state index contributed by atoms with van der Waals surface area (Å²) in [6.07, 6.45) is 4.83. The smallest absolute Gasteiger partial charge is 0.0294 e. The molecule has 0 bridgehead atoms. The van der Waals surface area contributed by atoms with Crippen LogP contribution in [0.15, 0.2) is 40.4 Å². The number of benzene rings is 1. The minimum Gasteiger partial charge on any atom is -0.307 e. The van der Waals surface area contributed by atoms with Crippen LogP contribution in [0.1, 0.15) is 45.2 Å². The maximum Gasteiger partial charge on any atom is 0.0294 e. The first-order valence-corrected chi connectivity index (χ1v) is 8.71. The molecule has 1 fully saturated rings. The lowest BCUT2D eigenvalue weighted by Crippen LogP contribution is -2.43. The number of allylic oxidation sites excluding steroid dienone is 1. The van der Waals surface area contributed by atoms with E-state index in [2.05, 4.69) is 77.3 Å². The second-order valence-corrected chi connectivity index (χ2v) is 7.21. The molecule has 0 amide bonds. The molecular weight excluding hydrogens is 324 g/mol. The van der Waals surface area contributed by atoms with Gasteiger partial charge in [0.2, 0.25) is 0 Å². The molecule has 1 aromatic rings. The van der Waals surface area contributed by atoms with Crippen molar-refractivity contribution >= 4 is 15.9 Å². The number of rotatable bonds is 5. The van der Waals surface area contributed by atoms with E-state index in [0.29, 0.717) is 12.1 Å². The monoisotopic (exact) mass is 350 g/mol. The third-order valence-electron chi connectivity index (χ3n) is 4.20. The SMILES string of the molecule is CC(C)=CCN1CCC(N[C@@H](C)c2ccc(Br)cc2)CC1. The van der Waals surface area contributed by atoms with E-state index in [1.165, 1.54) is 37.1 Å². The molecule has 1 aliphatic heterocycles. The van der Waals surface area contributed by atoms with Crippen LogP contribution in [0.4, 0.5) is 0 Å². The Hall–Kier alpha value is -0.640. The van der Waals surface area contributed by atoms with Crippen LogP contribution in [-0.4, -0.2) is 30.6 Å². The van der Waals surface area contributed by atoms with Crippen LogP contribution in [0.25, 0.3) is 0 Å². The Morgan fingerprint density at radius 1 is 1.29 bits per heavy atom. The molecule has 0 aliphatic carbocycles. The first-order chi connectivity index (χ1) is 10.0. The molecule has 0 spiro atoms. The fraction of sp³-hybridized carbons (Fsp3) is 0.556. The highest BCUT2D eigenvalue weighted by atomic mass is 79.9. The summed E-state index contributed by atoms with van der Waals surface area (Å²) in [5, 5.41) is 3.78. The maximum absolute atomic E-state index is 3.78. The van der Waals surface area contributed by atoms with Gasteiger partial charge in [-0.05, 0) is 64.4 Å². The zero-order chi connectivity index (χ0) is 15.2. The molecule has 0 radical (unpaired) electrons. The Morgan fingerprint density at radius 3 is 2.48 bits per heavy atom. The van der Waals surface area contributed by atoms with Gasteiger partial charge < -0.3 is 5.32 Å². The lowest BCUT2D eigenvalue weighted by Gasteiger charge is -2.33. The van der Waals surface area contributed by atoms with Crippen molar-refractivity contribution in [2.24, 2.45) is 0 Å². The quantitative estimate of drug-likeness (QED) is 0.784. The third kappa shape index (κ3) is 5.57. The van der Waals surface area contributed by atoms with Crippen molar-refractivity contribution in [2.75, 3.05) is 19.6 Å². The molecule has 1 aliphatic rings. The average Bonchev–Trinajstić information content (AvgIpc) is 2.47. The molecule has 0 saturated carbocycles. The van der Waals surface area contributed by atoms with Crippen LogP contribution in [0, 0.1) is 0 Å². The van der Waals surface area contributed by atoms with Gasteiger partial charge in [0.05, 0.1) is 0 Å². The Morgan fingerprint density at radius 2 is 1.90 bits per heavy atom. The van der Waals surface area contributed by atoms with Crippen LogP contribution in [-0.2, 0) is 0 Å². The first-order valence-electron chi connectivity index (χ1n) is 7.92. The zero-order valence-electron chi connectivity index (χ0n) is 13.4. The molecule has 2 nitrogen and oxygen atoms in total. The molecule has 1 aromatic carbocycles. The predicted octanol–water partition coefficient (Wildman–Crippen LogP) is 4.53. The second-order valence-electron chi connectivity index (χ2n) is 6.30. The molecule has 3 heteroatoms. The molecular formula is C18H27BrN2. The van der Waals surface area contributed by atoms with Gasteiger partial charge in [-0.1, -0.05) is 39.7 Å². The van der Waals surface area contributed by atoms with Crippen LogP contribution >= 0.6 is 15.9 Å². The number of nitrogens with one attached hydrogen (secondary N) is 1. The van der Waals surface area contributed by atoms with Gasteiger partial charge >= 0.3 is 0 Å². The summed E-state index contributed by atoms with van der Waals surface area (Å²) < 4.78 is 1.14. The van der Waals surface area contributed by atoms with Gasteiger partial charge in [-0.15, -0.1) is 0 Å². The van der Waals surface area contributed by atoms with Gasteiger partial charge in [0.15, 0.2) is 0 Å². The highest BCUT2D eigenvalue weighted by molar-refractivity contribution is 9.10. The first kappa shape index (κ1) is 16.7. The Kier molecular flexibility index (Phi) is 6.46. The summed E-state index contributed by atoms with van der Waals surface area (Å²) in [6, 6.07) is 9.71. The highest BCUT2D eigenvalue weighted by Gasteiger charge is 2.20. The van der Waals surface area contributed by atoms with Gasteiger partial charge in [-0.3, -0.25) is 4.90 Å². The minimum absolute atomic E-state index is 0.424. The van der Waals surface area contributed by atoms with Crippen LogP contribution < -0.4 is 5.32 Å². The highest BCUT2D eigenvalue weighted by Crippen LogP contribution is 2.19. The molecule has 2 rings (SSSR count). The topological polar surface area (TPSA) is 15.3 Å². The number of hydrogen-bond donors (Lipinski definition) is 1. The lowest BCUT2D eigenvalue weighted by atomic mass is 10.0.